The third-order valence-electron chi connectivity index (χ3n) is 1.24. The molecule has 0 saturated carbocycles. The Morgan fingerprint density at radius 3 is 2.09 bits per heavy atom. The van der Waals surface area contributed by atoms with Crippen LogP contribution in [0.3, 0.4) is 0 Å². The number of benzene rings is 1. The summed E-state index contributed by atoms with van der Waals surface area (Å²) in [6.45, 7) is 1.98. The van der Waals surface area contributed by atoms with Crippen molar-refractivity contribution in [2.45, 2.75) is 6.92 Å². The average Bonchev–Trinajstić information content (AvgIpc) is 2.02. The summed E-state index contributed by atoms with van der Waals surface area (Å²) in [7, 11) is 0. The van der Waals surface area contributed by atoms with Gasteiger partial charge in [-0.05, 0) is 30.5 Å². The molecule has 0 atom stereocenters. The number of thiocarbonyl (C=S) groups is 1. The molecule has 0 aromatic heterocycles. The molecule has 0 aliphatic heterocycles. The second-order valence-electron chi connectivity index (χ2n) is 2.13. The molecule has 0 radical (unpaired) electrons. The summed E-state index contributed by atoms with van der Waals surface area (Å²) < 4.78 is 0. The summed E-state index contributed by atoms with van der Waals surface area (Å²) in [5.41, 5.74) is 13.4. The van der Waals surface area contributed by atoms with Crippen LogP contribution in [0.5, 0.6) is 0 Å². The molecule has 2 nitrogen and oxygen atoms in total. The lowest BCUT2D eigenvalue weighted by Crippen LogP contribution is -1.93. The molecule has 4 N–H and O–H groups in total. The van der Waals surface area contributed by atoms with Crippen LogP contribution in [0, 0.1) is 6.92 Å². The summed E-state index contributed by atoms with van der Waals surface area (Å²) >= 11 is 3.83. The highest BCUT2D eigenvalue weighted by atomic mass is 32.1. The van der Waals surface area contributed by atoms with Gasteiger partial charge in [-0.1, -0.05) is 18.3 Å². The van der Waals surface area contributed by atoms with Gasteiger partial charge < -0.3 is 11.5 Å². The maximum atomic E-state index is 5.50. The van der Waals surface area contributed by atoms with Crippen molar-refractivity contribution in [2.24, 2.45) is 0 Å². The highest BCUT2D eigenvalue weighted by Crippen LogP contribution is 2.14. The van der Waals surface area contributed by atoms with E-state index in [0.29, 0.717) is 11.4 Å². The number of nitrogens with two attached hydrogens (primary N) is 2. The Balaban J connectivity index is 0.000000461. The predicted molar refractivity (Wildman–Crippen MR) is 54.7 cm³/mol. The largest absolute Gasteiger partial charge is 0.397 e. The van der Waals surface area contributed by atoms with Crippen molar-refractivity contribution in [3.63, 3.8) is 0 Å². The number of rotatable bonds is 0. The first kappa shape index (κ1) is 9.91. The first-order valence-electron chi connectivity index (χ1n) is 3.10. The van der Waals surface area contributed by atoms with E-state index in [2.05, 4.69) is 18.1 Å². The molecule has 0 unspecified atom stereocenters. The van der Waals surface area contributed by atoms with Crippen LogP contribution < -0.4 is 11.5 Å². The highest BCUT2D eigenvalue weighted by Gasteiger charge is 1.90. The maximum absolute atomic E-state index is 5.50. The SMILES string of the molecule is C=S.Cc1ccc(N)c(N)c1. The van der Waals surface area contributed by atoms with Crippen LogP contribution in [-0.2, 0) is 0 Å². The van der Waals surface area contributed by atoms with E-state index in [-0.39, 0.29) is 0 Å². The smallest absolute Gasteiger partial charge is 0.0550 e. The van der Waals surface area contributed by atoms with E-state index >= 15 is 0 Å². The quantitative estimate of drug-likeness (QED) is 0.458. The van der Waals surface area contributed by atoms with Gasteiger partial charge in [0.15, 0.2) is 0 Å². The topological polar surface area (TPSA) is 52.0 Å². The van der Waals surface area contributed by atoms with Crippen LogP contribution >= 0.6 is 12.2 Å². The molecule has 0 heterocycles. The Morgan fingerprint density at radius 2 is 1.73 bits per heavy atom. The van der Waals surface area contributed by atoms with Crippen molar-refractivity contribution < 1.29 is 0 Å². The molecule has 0 saturated heterocycles. The van der Waals surface area contributed by atoms with Crippen molar-refractivity contribution >= 4 is 29.5 Å². The molecule has 11 heavy (non-hydrogen) atoms. The molecule has 0 amide bonds. The summed E-state index contributed by atoms with van der Waals surface area (Å²) in [6, 6.07) is 5.60. The van der Waals surface area contributed by atoms with Gasteiger partial charge in [0.05, 0.1) is 11.4 Å². The Morgan fingerprint density at radius 1 is 1.18 bits per heavy atom. The van der Waals surface area contributed by atoms with Crippen LogP contribution in [0.25, 0.3) is 0 Å². The number of aryl methyl sites for hydroxylation is 1. The van der Waals surface area contributed by atoms with Gasteiger partial charge in [0, 0.05) is 0 Å². The molecule has 1 rings (SSSR count). The zero-order valence-corrected chi connectivity index (χ0v) is 7.32. The number of hydrogen-bond donors (Lipinski definition) is 2. The van der Waals surface area contributed by atoms with Gasteiger partial charge >= 0.3 is 0 Å². The van der Waals surface area contributed by atoms with Crippen LogP contribution in [0.1, 0.15) is 5.56 Å². The van der Waals surface area contributed by atoms with Crippen molar-refractivity contribution in [1.29, 1.82) is 0 Å². The standard InChI is InChI=1S/C7H10N2.CH2S/c1-5-2-3-6(8)7(9)4-5;1-2/h2-4H,8-9H2,1H3;1H2. The normalized spacial score (nSPS) is 8.09. The lowest BCUT2D eigenvalue weighted by atomic mass is 10.2. The van der Waals surface area contributed by atoms with E-state index < -0.39 is 0 Å². The van der Waals surface area contributed by atoms with Gasteiger partial charge in [0.25, 0.3) is 0 Å². The van der Waals surface area contributed by atoms with Crippen LogP contribution in [0.2, 0.25) is 0 Å². The number of hydrogen-bond acceptors (Lipinski definition) is 3. The Labute approximate surface area is 72.2 Å². The van der Waals surface area contributed by atoms with Crippen molar-refractivity contribution in [3.8, 4) is 0 Å². The van der Waals surface area contributed by atoms with Gasteiger partial charge in [-0.25, -0.2) is 0 Å². The monoisotopic (exact) mass is 168 g/mol. The molecule has 3 heteroatoms. The molecule has 0 aliphatic carbocycles. The minimum Gasteiger partial charge on any atom is -0.397 e. The molecule has 0 bridgehead atoms. The van der Waals surface area contributed by atoms with Gasteiger partial charge in [-0.15, -0.1) is 0 Å². The van der Waals surface area contributed by atoms with Crippen LogP contribution in [0.4, 0.5) is 11.4 Å². The molecule has 0 spiro atoms. The van der Waals surface area contributed by atoms with Gasteiger partial charge in [0.1, 0.15) is 0 Å². The summed E-state index contributed by atoms with van der Waals surface area (Å²) in [5, 5.41) is 0. The average molecular weight is 168 g/mol. The first-order chi connectivity index (χ1) is 5.20. The van der Waals surface area contributed by atoms with E-state index in [1.54, 1.807) is 0 Å². The maximum Gasteiger partial charge on any atom is 0.0550 e. The van der Waals surface area contributed by atoms with Gasteiger partial charge in [-0.2, -0.15) is 0 Å². The summed E-state index contributed by atoms with van der Waals surface area (Å²) in [5.74, 6) is 2.83. The second-order valence-corrected chi connectivity index (χ2v) is 2.13. The van der Waals surface area contributed by atoms with E-state index in [0.717, 1.165) is 5.56 Å². The zero-order valence-electron chi connectivity index (χ0n) is 6.50. The molecule has 0 aliphatic rings. The molecule has 60 valence electrons. The molecule has 1 aromatic rings. The fraction of sp³-hybridized carbons (Fsp3) is 0.125. The number of anilines is 2. The van der Waals surface area contributed by atoms with Crippen molar-refractivity contribution in [3.05, 3.63) is 23.8 Å². The fourth-order valence-corrected chi connectivity index (χ4v) is 0.694. The zero-order chi connectivity index (χ0) is 8.85. The minimum absolute atomic E-state index is 0.653. The second kappa shape index (κ2) is 4.68. The fourth-order valence-electron chi connectivity index (χ4n) is 0.694. The van der Waals surface area contributed by atoms with Crippen LogP contribution in [0.15, 0.2) is 18.2 Å². The Hall–Kier alpha value is -1.09. The lowest BCUT2D eigenvalue weighted by molar-refractivity contribution is 1.47. The highest BCUT2D eigenvalue weighted by molar-refractivity contribution is 7.77. The molecular weight excluding hydrogens is 156 g/mol. The molecule has 1 aromatic carbocycles. The molecular formula is C8H12N2S. The first-order valence-corrected chi connectivity index (χ1v) is 3.68. The van der Waals surface area contributed by atoms with E-state index in [4.69, 9.17) is 11.5 Å². The van der Waals surface area contributed by atoms with E-state index in [9.17, 15) is 0 Å². The van der Waals surface area contributed by atoms with Gasteiger partial charge in [-0.3, -0.25) is 0 Å². The number of nitrogen functional groups attached to an aromatic ring is 2. The van der Waals surface area contributed by atoms with Gasteiger partial charge in [0.2, 0.25) is 0 Å². The van der Waals surface area contributed by atoms with E-state index in [1.807, 2.05) is 25.1 Å². The van der Waals surface area contributed by atoms with E-state index in [1.165, 1.54) is 0 Å². The summed E-state index contributed by atoms with van der Waals surface area (Å²) in [4.78, 5) is 0. The summed E-state index contributed by atoms with van der Waals surface area (Å²) in [6.07, 6.45) is 0. The minimum atomic E-state index is 0.653. The Kier molecular flexibility index (Phi) is 4.22. The van der Waals surface area contributed by atoms with Crippen molar-refractivity contribution in [2.75, 3.05) is 11.5 Å². The van der Waals surface area contributed by atoms with Crippen molar-refractivity contribution in [1.82, 2.24) is 0 Å². The Bertz CT molecular complexity index is 236. The lowest BCUT2D eigenvalue weighted by Gasteiger charge is -1.98. The molecule has 0 fully saturated rings. The predicted octanol–water partition coefficient (Wildman–Crippen LogP) is 1.78. The van der Waals surface area contributed by atoms with Crippen LogP contribution in [-0.4, -0.2) is 5.87 Å². The third kappa shape index (κ3) is 3.00. The third-order valence-corrected chi connectivity index (χ3v) is 1.24.